The van der Waals surface area contributed by atoms with Crippen molar-refractivity contribution in [1.29, 1.82) is 0 Å². The summed E-state index contributed by atoms with van der Waals surface area (Å²) in [5, 5.41) is 9.89. The van der Waals surface area contributed by atoms with E-state index in [1.54, 1.807) is 13.8 Å². The Bertz CT molecular complexity index is 427. The molecule has 6 nitrogen and oxygen atoms in total. The largest absolute Gasteiger partial charge is 0.468 e. The zero-order valence-electron chi connectivity index (χ0n) is 12.6. The molecule has 0 aromatic carbocycles. The number of Topliss-reactive ketones (excluding diaryl/α,β-unsaturated/α-hetero) is 1. The first-order valence-electron chi connectivity index (χ1n) is 6.67. The van der Waals surface area contributed by atoms with Crippen molar-refractivity contribution in [3.63, 3.8) is 0 Å². The van der Waals surface area contributed by atoms with Gasteiger partial charge in [-0.1, -0.05) is 13.8 Å². The summed E-state index contributed by atoms with van der Waals surface area (Å²) in [7, 11) is 1.22. The van der Waals surface area contributed by atoms with Crippen LogP contribution in [0.25, 0.3) is 0 Å². The van der Waals surface area contributed by atoms with Crippen molar-refractivity contribution in [2.75, 3.05) is 7.11 Å². The lowest BCUT2D eigenvalue weighted by atomic mass is 9.76. The lowest BCUT2D eigenvalue weighted by molar-refractivity contribution is -0.190. The molecule has 1 N–H and O–H groups in total. The molecule has 1 heterocycles. The second-order valence-corrected chi connectivity index (χ2v) is 5.68. The van der Waals surface area contributed by atoms with E-state index in [0.717, 1.165) is 0 Å². The normalized spacial score (nSPS) is 32.4. The molecule has 0 unspecified atom stereocenters. The Morgan fingerprint density at radius 1 is 1.50 bits per heavy atom. The van der Waals surface area contributed by atoms with Crippen LogP contribution in [0.15, 0.2) is 0 Å². The number of aliphatic hydroxyl groups is 1. The number of rotatable bonds is 5. The van der Waals surface area contributed by atoms with Crippen LogP contribution in [0.1, 0.15) is 40.5 Å². The number of ether oxygens (including phenoxy) is 2. The van der Waals surface area contributed by atoms with Gasteiger partial charge in [0.2, 0.25) is 5.79 Å². The summed E-state index contributed by atoms with van der Waals surface area (Å²) in [4.78, 5) is 35.9. The Kier molecular flexibility index (Phi) is 4.59. The fraction of sp³-hybridized carbons (Fsp3) is 0.786. The van der Waals surface area contributed by atoms with Crippen LogP contribution in [-0.2, 0) is 23.9 Å². The number of hydrogen-bond acceptors (Lipinski definition) is 6. The number of methoxy groups -OCH3 is 1. The molecule has 20 heavy (non-hydrogen) atoms. The van der Waals surface area contributed by atoms with Crippen molar-refractivity contribution in [1.82, 2.24) is 0 Å². The van der Waals surface area contributed by atoms with Gasteiger partial charge in [0.15, 0.2) is 5.78 Å². The zero-order valence-corrected chi connectivity index (χ0v) is 12.6. The Labute approximate surface area is 118 Å². The first-order valence-corrected chi connectivity index (χ1v) is 6.67. The summed E-state index contributed by atoms with van der Waals surface area (Å²) in [6.45, 7) is 6.25. The molecule has 0 spiro atoms. The predicted octanol–water partition coefficient (Wildman–Crippen LogP) is 1.05. The summed E-state index contributed by atoms with van der Waals surface area (Å²) in [5.74, 6) is -4.44. The molecule has 0 amide bonds. The van der Waals surface area contributed by atoms with Crippen LogP contribution in [0.2, 0.25) is 0 Å². The van der Waals surface area contributed by atoms with Gasteiger partial charge in [0.25, 0.3) is 0 Å². The van der Waals surface area contributed by atoms with Gasteiger partial charge in [0.1, 0.15) is 5.41 Å². The fourth-order valence-electron chi connectivity index (χ4n) is 2.32. The Morgan fingerprint density at radius 3 is 2.40 bits per heavy atom. The SMILES string of the molecule is CC[C@@](C)(C(=O)C[C@H]1C(=O)O[C@](C)(O)[C@@H]1C)C(=O)OC. The van der Waals surface area contributed by atoms with Crippen molar-refractivity contribution in [2.24, 2.45) is 17.3 Å². The molecule has 0 aromatic rings. The van der Waals surface area contributed by atoms with E-state index >= 15 is 0 Å². The molecule has 0 aliphatic carbocycles. The maximum atomic E-state index is 12.4. The highest BCUT2D eigenvalue weighted by Crippen LogP contribution is 2.39. The molecule has 1 aliphatic rings. The van der Waals surface area contributed by atoms with E-state index in [1.165, 1.54) is 21.0 Å². The van der Waals surface area contributed by atoms with Gasteiger partial charge < -0.3 is 14.6 Å². The summed E-state index contributed by atoms with van der Waals surface area (Å²) < 4.78 is 9.52. The maximum Gasteiger partial charge on any atom is 0.319 e. The van der Waals surface area contributed by atoms with Gasteiger partial charge in [0, 0.05) is 19.3 Å². The minimum absolute atomic E-state index is 0.143. The van der Waals surface area contributed by atoms with Crippen molar-refractivity contribution in [2.45, 2.75) is 46.3 Å². The number of ketones is 1. The van der Waals surface area contributed by atoms with Crippen molar-refractivity contribution < 1.29 is 29.0 Å². The van der Waals surface area contributed by atoms with Crippen LogP contribution in [0.5, 0.6) is 0 Å². The molecule has 0 saturated carbocycles. The van der Waals surface area contributed by atoms with Crippen molar-refractivity contribution in [3.8, 4) is 0 Å². The molecule has 1 aliphatic heterocycles. The van der Waals surface area contributed by atoms with E-state index < -0.39 is 35.0 Å². The molecule has 0 aromatic heterocycles. The topological polar surface area (TPSA) is 89.9 Å². The summed E-state index contributed by atoms with van der Waals surface area (Å²) >= 11 is 0. The van der Waals surface area contributed by atoms with Crippen molar-refractivity contribution >= 4 is 17.7 Å². The number of carbonyl (C=O) groups excluding carboxylic acids is 3. The summed E-state index contributed by atoms with van der Waals surface area (Å²) in [6, 6.07) is 0. The van der Waals surface area contributed by atoms with Crippen LogP contribution in [0.4, 0.5) is 0 Å². The number of carbonyl (C=O) groups is 3. The highest BCUT2D eigenvalue weighted by molar-refractivity contribution is 6.04. The monoisotopic (exact) mass is 286 g/mol. The first kappa shape index (κ1) is 16.6. The minimum Gasteiger partial charge on any atom is -0.468 e. The summed E-state index contributed by atoms with van der Waals surface area (Å²) in [6.07, 6.45) is 0.140. The molecule has 6 heteroatoms. The fourth-order valence-corrected chi connectivity index (χ4v) is 2.32. The Hall–Kier alpha value is -1.43. The van der Waals surface area contributed by atoms with Gasteiger partial charge in [-0.15, -0.1) is 0 Å². The molecule has 1 saturated heterocycles. The van der Waals surface area contributed by atoms with Crippen LogP contribution < -0.4 is 0 Å². The minimum atomic E-state index is -1.57. The highest BCUT2D eigenvalue weighted by Gasteiger charge is 2.52. The van der Waals surface area contributed by atoms with E-state index in [2.05, 4.69) is 4.74 Å². The van der Waals surface area contributed by atoms with Crippen LogP contribution in [0, 0.1) is 17.3 Å². The van der Waals surface area contributed by atoms with Gasteiger partial charge in [-0.3, -0.25) is 14.4 Å². The molecule has 0 radical (unpaired) electrons. The van der Waals surface area contributed by atoms with E-state index in [9.17, 15) is 19.5 Å². The molecular weight excluding hydrogens is 264 g/mol. The average molecular weight is 286 g/mol. The van der Waals surface area contributed by atoms with Gasteiger partial charge in [-0.05, 0) is 13.3 Å². The zero-order chi connectivity index (χ0) is 15.7. The Balaban J connectivity index is 2.90. The first-order chi connectivity index (χ1) is 9.10. The third kappa shape index (κ3) is 2.70. The lowest BCUT2D eigenvalue weighted by Crippen LogP contribution is -2.39. The maximum absolute atomic E-state index is 12.4. The van der Waals surface area contributed by atoms with Gasteiger partial charge in [0.05, 0.1) is 13.0 Å². The smallest absolute Gasteiger partial charge is 0.319 e. The highest BCUT2D eigenvalue weighted by atomic mass is 16.7. The van der Waals surface area contributed by atoms with Gasteiger partial charge in [-0.2, -0.15) is 0 Å². The standard InChI is InChI=1S/C14H22O6/c1-6-13(3,12(17)19-5)10(15)7-9-8(2)14(4,18)20-11(9)16/h8-9,18H,6-7H2,1-5H3/t8-,9-,13+,14+/m1/s1. The molecule has 1 rings (SSSR count). The molecule has 1 fully saturated rings. The lowest BCUT2D eigenvalue weighted by Gasteiger charge is -2.26. The quantitative estimate of drug-likeness (QED) is 0.600. The van der Waals surface area contributed by atoms with E-state index in [4.69, 9.17) is 4.74 Å². The third-order valence-corrected chi connectivity index (χ3v) is 4.42. The number of hydrogen-bond donors (Lipinski definition) is 1. The third-order valence-electron chi connectivity index (χ3n) is 4.42. The molecule has 0 bridgehead atoms. The second kappa shape index (κ2) is 5.52. The van der Waals surface area contributed by atoms with Crippen molar-refractivity contribution in [3.05, 3.63) is 0 Å². The average Bonchev–Trinajstić information content (AvgIpc) is 2.58. The Morgan fingerprint density at radius 2 is 2.05 bits per heavy atom. The van der Waals surface area contributed by atoms with Crippen LogP contribution in [-0.4, -0.2) is 35.7 Å². The number of esters is 2. The number of cyclic esters (lactones) is 1. The van der Waals surface area contributed by atoms with Crippen LogP contribution in [0.3, 0.4) is 0 Å². The van der Waals surface area contributed by atoms with Gasteiger partial charge in [-0.25, -0.2) is 0 Å². The molecule has 114 valence electrons. The predicted molar refractivity (Wildman–Crippen MR) is 69.4 cm³/mol. The summed E-state index contributed by atoms with van der Waals surface area (Å²) in [5.41, 5.74) is -1.27. The van der Waals surface area contributed by atoms with Gasteiger partial charge >= 0.3 is 11.9 Å². The van der Waals surface area contributed by atoms with E-state index in [1.807, 2.05) is 0 Å². The molecular formula is C14H22O6. The van der Waals surface area contributed by atoms with E-state index in [0.29, 0.717) is 0 Å². The van der Waals surface area contributed by atoms with E-state index in [-0.39, 0.29) is 18.6 Å². The second-order valence-electron chi connectivity index (χ2n) is 5.68. The molecule has 4 atom stereocenters. The van der Waals surface area contributed by atoms with Crippen LogP contribution >= 0.6 is 0 Å².